The normalized spacial score (nSPS) is 10.7. The number of nitrogens with one attached hydrogen (secondary N) is 1. The van der Waals surface area contributed by atoms with Crippen LogP contribution in [-0.4, -0.2) is 20.7 Å². The fraction of sp³-hybridized carbons (Fsp3) is 0.364. The van der Waals surface area contributed by atoms with Crippen LogP contribution in [0, 0.1) is 0 Å². The molecule has 0 aliphatic rings. The molecule has 2 rings (SSSR count). The van der Waals surface area contributed by atoms with Gasteiger partial charge in [-0.1, -0.05) is 11.4 Å². The Hall–Kier alpha value is -0.730. The number of anilines is 1. The van der Waals surface area contributed by atoms with Crippen LogP contribution in [-0.2, 0) is 6.54 Å². The Labute approximate surface area is 131 Å². The Balaban J connectivity index is 2.27. The predicted molar refractivity (Wildman–Crippen MR) is 83.9 cm³/mol. The lowest BCUT2D eigenvalue weighted by Gasteiger charge is -2.07. The number of hydrogen-bond acceptors (Lipinski definition) is 5. The molecule has 0 unspecified atom stereocenters. The first-order valence-electron chi connectivity index (χ1n) is 5.72. The summed E-state index contributed by atoms with van der Waals surface area (Å²) in [4.78, 5) is 12.0. The monoisotopic (exact) mass is 406 g/mol. The molecule has 0 saturated heterocycles. The molecule has 2 aromatic rings. The van der Waals surface area contributed by atoms with E-state index < -0.39 is 0 Å². The van der Waals surface area contributed by atoms with Crippen molar-refractivity contribution in [3.05, 3.63) is 37.3 Å². The lowest BCUT2D eigenvalue weighted by Crippen LogP contribution is -2.21. The molecule has 0 atom stereocenters. The highest BCUT2D eigenvalue weighted by molar-refractivity contribution is 9.11. The summed E-state index contributed by atoms with van der Waals surface area (Å²) < 4.78 is 6.89. The highest BCUT2D eigenvalue weighted by atomic mass is 79.9. The first-order valence-corrected chi connectivity index (χ1v) is 8.08. The molecular formula is C11H12Br2N4OS. The van der Waals surface area contributed by atoms with E-state index in [-0.39, 0.29) is 5.56 Å². The van der Waals surface area contributed by atoms with Crippen molar-refractivity contribution < 1.29 is 0 Å². The van der Waals surface area contributed by atoms with Crippen LogP contribution in [0.25, 0.3) is 0 Å². The third-order valence-electron chi connectivity index (χ3n) is 2.42. The quantitative estimate of drug-likeness (QED) is 0.827. The molecule has 0 aromatic carbocycles. The minimum atomic E-state index is -0.0855. The zero-order chi connectivity index (χ0) is 13.8. The van der Waals surface area contributed by atoms with Crippen LogP contribution in [0.3, 0.4) is 0 Å². The van der Waals surface area contributed by atoms with Crippen molar-refractivity contribution in [1.82, 2.24) is 14.2 Å². The Morgan fingerprint density at radius 2 is 2.26 bits per heavy atom. The molecule has 102 valence electrons. The highest BCUT2D eigenvalue weighted by Crippen LogP contribution is 2.19. The van der Waals surface area contributed by atoms with Crippen LogP contribution < -0.4 is 10.9 Å². The van der Waals surface area contributed by atoms with Crippen LogP contribution >= 0.6 is 43.4 Å². The fourth-order valence-corrected chi connectivity index (χ4v) is 3.38. The molecular weight excluding hydrogens is 396 g/mol. The van der Waals surface area contributed by atoms with Gasteiger partial charge in [0, 0.05) is 28.7 Å². The van der Waals surface area contributed by atoms with Gasteiger partial charge in [0.05, 0.1) is 11.0 Å². The molecule has 0 radical (unpaired) electrons. The van der Waals surface area contributed by atoms with Crippen LogP contribution in [0.15, 0.2) is 26.0 Å². The highest BCUT2D eigenvalue weighted by Gasteiger charge is 2.10. The number of nitrogens with zero attached hydrogens (tertiary/aromatic N) is 3. The molecule has 2 aromatic heterocycles. The van der Waals surface area contributed by atoms with E-state index >= 15 is 0 Å². The lowest BCUT2D eigenvalue weighted by molar-refractivity contribution is 0.729. The van der Waals surface area contributed by atoms with Crippen LogP contribution in [0.2, 0.25) is 0 Å². The fourth-order valence-electron chi connectivity index (χ4n) is 1.53. The molecule has 0 bridgehead atoms. The van der Waals surface area contributed by atoms with Gasteiger partial charge in [0.2, 0.25) is 0 Å². The summed E-state index contributed by atoms with van der Waals surface area (Å²) in [7, 11) is 0. The second-order valence-corrected chi connectivity index (χ2v) is 6.44. The predicted octanol–water partition coefficient (Wildman–Crippen LogP) is 3.10. The Morgan fingerprint density at radius 1 is 1.47 bits per heavy atom. The number of aromatic nitrogens is 3. The second kappa shape index (κ2) is 6.62. The summed E-state index contributed by atoms with van der Waals surface area (Å²) in [6.45, 7) is 3.37. The lowest BCUT2D eigenvalue weighted by atomic mass is 10.4. The van der Waals surface area contributed by atoms with Gasteiger partial charge in [-0.15, -0.1) is 5.10 Å². The van der Waals surface area contributed by atoms with Crippen LogP contribution in [0.4, 0.5) is 5.00 Å². The van der Waals surface area contributed by atoms with Gasteiger partial charge in [-0.2, -0.15) is 0 Å². The summed E-state index contributed by atoms with van der Waals surface area (Å²) in [6, 6.07) is 1.73. The van der Waals surface area contributed by atoms with Crippen molar-refractivity contribution in [1.29, 1.82) is 0 Å². The first-order chi connectivity index (χ1) is 9.11. The first kappa shape index (κ1) is 14.7. The molecule has 0 aliphatic heterocycles. The van der Waals surface area contributed by atoms with Crippen molar-refractivity contribution >= 4 is 48.4 Å². The maximum Gasteiger partial charge on any atom is 0.265 e. The molecule has 8 heteroatoms. The van der Waals surface area contributed by atoms with Gasteiger partial charge in [-0.05, 0) is 44.3 Å². The third kappa shape index (κ3) is 3.64. The minimum Gasteiger partial charge on any atom is -0.374 e. The number of hydrogen-bond donors (Lipinski definition) is 1. The van der Waals surface area contributed by atoms with Crippen molar-refractivity contribution in [2.45, 2.75) is 19.9 Å². The number of rotatable bonds is 5. The van der Waals surface area contributed by atoms with Gasteiger partial charge in [-0.25, -0.2) is 0 Å². The van der Waals surface area contributed by atoms with Gasteiger partial charge in [0.25, 0.3) is 5.56 Å². The average molecular weight is 408 g/mol. The number of pyridine rings is 1. The second-order valence-electron chi connectivity index (χ2n) is 3.91. The molecule has 2 heterocycles. The smallest absolute Gasteiger partial charge is 0.265 e. The number of halogens is 2. The summed E-state index contributed by atoms with van der Waals surface area (Å²) in [5.41, 5.74) is 0.697. The molecule has 0 aliphatic carbocycles. The molecule has 19 heavy (non-hydrogen) atoms. The standard InChI is InChI=1S/C11H12Br2N4OS/c1-2-3-14-10-9(15-16-19-10)6-17-5-7(12)4-8(13)11(17)18/h4-5,14H,2-3,6H2,1H3. The van der Waals surface area contributed by atoms with Gasteiger partial charge in [-0.3, -0.25) is 4.79 Å². The Morgan fingerprint density at radius 3 is 3.00 bits per heavy atom. The van der Waals surface area contributed by atoms with E-state index in [9.17, 15) is 4.79 Å². The van der Waals surface area contributed by atoms with E-state index in [0.717, 1.165) is 28.1 Å². The van der Waals surface area contributed by atoms with E-state index in [1.165, 1.54) is 11.5 Å². The molecule has 0 spiro atoms. The molecule has 5 nitrogen and oxygen atoms in total. The summed E-state index contributed by atoms with van der Waals surface area (Å²) in [5.74, 6) is 0. The van der Waals surface area contributed by atoms with Crippen LogP contribution in [0.1, 0.15) is 19.0 Å². The molecule has 0 saturated carbocycles. The van der Waals surface area contributed by atoms with Crippen LogP contribution in [0.5, 0.6) is 0 Å². The van der Waals surface area contributed by atoms with E-state index in [2.05, 4.69) is 53.7 Å². The summed E-state index contributed by atoms with van der Waals surface area (Å²) >= 11 is 7.93. The van der Waals surface area contributed by atoms with Crippen molar-refractivity contribution in [3.8, 4) is 0 Å². The van der Waals surface area contributed by atoms with Gasteiger partial charge in [0.15, 0.2) is 0 Å². The average Bonchev–Trinajstić information content (AvgIpc) is 2.80. The zero-order valence-corrected chi connectivity index (χ0v) is 14.2. The van der Waals surface area contributed by atoms with Crippen molar-refractivity contribution in [3.63, 3.8) is 0 Å². The van der Waals surface area contributed by atoms with Gasteiger partial charge < -0.3 is 9.88 Å². The van der Waals surface area contributed by atoms with E-state index in [1.54, 1.807) is 16.8 Å². The topological polar surface area (TPSA) is 59.8 Å². The summed E-state index contributed by atoms with van der Waals surface area (Å²) in [6.07, 6.45) is 2.77. The van der Waals surface area contributed by atoms with Gasteiger partial charge in [0.1, 0.15) is 10.7 Å². The molecule has 0 fully saturated rings. The van der Waals surface area contributed by atoms with Crippen molar-refractivity contribution in [2.24, 2.45) is 0 Å². The Bertz CT molecular complexity index is 625. The van der Waals surface area contributed by atoms with Gasteiger partial charge >= 0.3 is 0 Å². The molecule has 1 N–H and O–H groups in total. The summed E-state index contributed by atoms with van der Waals surface area (Å²) in [5, 5.41) is 8.27. The minimum absolute atomic E-state index is 0.0855. The van der Waals surface area contributed by atoms with E-state index in [0.29, 0.717) is 11.0 Å². The maximum atomic E-state index is 12.0. The van der Waals surface area contributed by atoms with E-state index in [1.807, 2.05) is 0 Å². The SMILES string of the molecule is CCCNc1snnc1Cn1cc(Br)cc(Br)c1=O. The van der Waals surface area contributed by atoms with E-state index in [4.69, 9.17) is 0 Å². The Kier molecular flexibility index (Phi) is 5.12. The van der Waals surface area contributed by atoms with Crippen molar-refractivity contribution in [2.75, 3.05) is 11.9 Å². The maximum absolute atomic E-state index is 12.0. The zero-order valence-electron chi connectivity index (χ0n) is 10.2. The largest absolute Gasteiger partial charge is 0.374 e. The molecule has 0 amide bonds. The third-order valence-corrected chi connectivity index (χ3v) is 4.15.